The van der Waals surface area contributed by atoms with E-state index in [0.717, 1.165) is 28.4 Å². The molecule has 0 amide bonds. The molecule has 5 nitrogen and oxygen atoms in total. The van der Waals surface area contributed by atoms with Crippen molar-refractivity contribution in [3.05, 3.63) is 71.8 Å². The fraction of sp³-hybridized carbons (Fsp3) is 0.227. The highest BCUT2D eigenvalue weighted by molar-refractivity contribution is 14.0. The highest BCUT2D eigenvalue weighted by atomic mass is 127. The fourth-order valence-corrected chi connectivity index (χ4v) is 2.94. The van der Waals surface area contributed by atoms with Crippen LogP contribution in [0.3, 0.4) is 0 Å². The van der Waals surface area contributed by atoms with Gasteiger partial charge in [-0.2, -0.15) is 0 Å². The molecule has 148 valence electrons. The second kappa shape index (κ2) is 10.8. The molecular weight excluding hydrogens is 465 g/mol. The zero-order chi connectivity index (χ0) is 19.1. The first kappa shape index (κ1) is 21.8. The molecule has 0 atom stereocenters. The predicted octanol–water partition coefficient (Wildman–Crippen LogP) is 4.34. The molecular formula is C22H26IN3O2. The minimum Gasteiger partial charge on any atom is -0.497 e. The van der Waals surface area contributed by atoms with Crippen LogP contribution in [0.15, 0.2) is 65.7 Å². The summed E-state index contributed by atoms with van der Waals surface area (Å²) in [7, 11) is 5.13. The Labute approximate surface area is 183 Å². The summed E-state index contributed by atoms with van der Waals surface area (Å²) in [6.07, 6.45) is 0. The fourth-order valence-electron chi connectivity index (χ4n) is 2.94. The maximum atomic E-state index is 5.39. The number of fused-ring (bicyclic) bond motifs is 1. The Morgan fingerprint density at radius 3 is 2.32 bits per heavy atom. The van der Waals surface area contributed by atoms with Gasteiger partial charge in [0.25, 0.3) is 0 Å². The number of hydrogen-bond donors (Lipinski definition) is 2. The summed E-state index contributed by atoms with van der Waals surface area (Å²) in [5.41, 5.74) is 2.27. The van der Waals surface area contributed by atoms with E-state index in [1.165, 1.54) is 10.9 Å². The normalized spacial score (nSPS) is 10.9. The molecule has 3 rings (SSSR count). The van der Waals surface area contributed by atoms with Crippen molar-refractivity contribution in [2.75, 3.05) is 21.3 Å². The van der Waals surface area contributed by atoms with Crippen LogP contribution in [0.5, 0.6) is 11.5 Å². The van der Waals surface area contributed by atoms with Crippen molar-refractivity contribution in [2.24, 2.45) is 4.99 Å². The number of guanidine groups is 1. The lowest BCUT2D eigenvalue weighted by molar-refractivity contribution is 0.409. The number of rotatable bonds is 6. The van der Waals surface area contributed by atoms with E-state index in [1.54, 1.807) is 21.3 Å². The average Bonchev–Trinajstić information content (AvgIpc) is 2.73. The zero-order valence-corrected chi connectivity index (χ0v) is 18.7. The lowest BCUT2D eigenvalue weighted by atomic mass is 10.1. The van der Waals surface area contributed by atoms with Crippen molar-refractivity contribution in [2.45, 2.75) is 13.1 Å². The molecule has 28 heavy (non-hydrogen) atoms. The van der Waals surface area contributed by atoms with Crippen LogP contribution in [-0.2, 0) is 13.1 Å². The summed E-state index contributed by atoms with van der Waals surface area (Å²) in [4.78, 5) is 4.30. The average molecular weight is 491 g/mol. The van der Waals surface area contributed by atoms with Gasteiger partial charge in [-0.15, -0.1) is 24.0 Å². The van der Waals surface area contributed by atoms with E-state index in [-0.39, 0.29) is 24.0 Å². The summed E-state index contributed by atoms with van der Waals surface area (Å²) in [6, 6.07) is 20.5. The van der Waals surface area contributed by atoms with Crippen LogP contribution < -0.4 is 20.1 Å². The third-order valence-electron chi connectivity index (χ3n) is 4.43. The first-order valence-corrected chi connectivity index (χ1v) is 8.86. The third kappa shape index (κ3) is 5.51. The summed E-state index contributed by atoms with van der Waals surface area (Å²) in [6.45, 7) is 1.33. The minimum atomic E-state index is 0. The topological polar surface area (TPSA) is 54.9 Å². The Morgan fingerprint density at radius 1 is 0.857 bits per heavy atom. The van der Waals surface area contributed by atoms with Gasteiger partial charge in [0.2, 0.25) is 0 Å². The molecule has 0 spiro atoms. The van der Waals surface area contributed by atoms with Crippen molar-refractivity contribution >= 4 is 40.7 Å². The van der Waals surface area contributed by atoms with Crippen LogP contribution in [0.25, 0.3) is 10.8 Å². The SMILES string of the molecule is CN=C(NCc1ccc2cc(OC)ccc2c1)NCc1ccccc1OC.I. The Bertz CT molecular complexity index is 944. The number of nitrogens with one attached hydrogen (secondary N) is 2. The molecule has 2 N–H and O–H groups in total. The monoisotopic (exact) mass is 491 g/mol. The molecule has 0 unspecified atom stereocenters. The third-order valence-corrected chi connectivity index (χ3v) is 4.43. The van der Waals surface area contributed by atoms with Gasteiger partial charge in [0.15, 0.2) is 5.96 Å². The van der Waals surface area contributed by atoms with Crippen LogP contribution >= 0.6 is 24.0 Å². The summed E-state index contributed by atoms with van der Waals surface area (Å²) < 4.78 is 10.7. The standard InChI is InChI=1S/C22H25N3O2.HI/c1-23-22(25-15-19-6-4-5-7-21(19)27-3)24-14-16-8-9-18-13-20(26-2)11-10-17(18)12-16;/h4-13H,14-15H2,1-3H3,(H2,23,24,25);1H. The van der Waals surface area contributed by atoms with Gasteiger partial charge in [-0.3, -0.25) is 4.99 Å². The van der Waals surface area contributed by atoms with Crippen molar-refractivity contribution in [3.63, 3.8) is 0 Å². The van der Waals surface area contributed by atoms with E-state index >= 15 is 0 Å². The molecule has 0 aliphatic carbocycles. The maximum absolute atomic E-state index is 5.39. The summed E-state index contributed by atoms with van der Waals surface area (Å²) in [5, 5.41) is 9.03. The summed E-state index contributed by atoms with van der Waals surface area (Å²) in [5.74, 6) is 2.48. The Kier molecular flexibility index (Phi) is 8.38. The molecule has 6 heteroatoms. The molecule has 0 radical (unpaired) electrons. The molecule has 0 bridgehead atoms. The van der Waals surface area contributed by atoms with Crippen LogP contribution in [0, 0.1) is 0 Å². The number of aliphatic imine (C=N–C) groups is 1. The van der Waals surface area contributed by atoms with E-state index < -0.39 is 0 Å². The second-order valence-electron chi connectivity index (χ2n) is 6.14. The quantitative estimate of drug-likeness (QED) is 0.306. The first-order chi connectivity index (χ1) is 13.2. The van der Waals surface area contributed by atoms with Gasteiger partial charge in [-0.05, 0) is 40.6 Å². The van der Waals surface area contributed by atoms with Crippen LogP contribution in [0.1, 0.15) is 11.1 Å². The number of nitrogens with zero attached hydrogens (tertiary/aromatic N) is 1. The van der Waals surface area contributed by atoms with Gasteiger partial charge in [-0.25, -0.2) is 0 Å². The lowest BCUT2D eigenvalue weighted by Gasteiger charge is -2.14. The Hall–Kier alpha value is -2.48. The van der Waals surface area contributed by atoms with E-state index in [4.69, 9.17) is 9.47 Å². The van der Waals surface area contributed by atoms with Gasteiger partial charge < -0.3 is 20.1 Å². The molecule has 0 aliphatic heterocycles. The maximum Gasteiger partial charge on any atom is 0.191 e. The molecule has 0 saturated heterocycles. The lowest BCUT2D eigenvalue weighted by Crippen LogP contribution is -2.36. The molecule has 3 aromatic carbocycles. The van der Waals surface area contributed by atoms with Crippen molar-refractivity contribution in [1.29, 1.82) is 0 Å². The second-order valence-corrected chi connectivity index (χ2v) is 6.14. The van der Waals surface area contributed by atoms with Crippen LogP contribution in [0.4, 0.5) is 0 Å². The molecule has 3 aromatic rings. The zero-order valence-electron chi connectivity index (χ0n) is 16.4. The molecule has 0 aromatic heterocycles. The van der Waals surface area contributed by atoms with Crippen LogP contribution in [0.2, 0.25) is 0 Å². The number of halogens is 1. The smallest absolute Gasteiger partial charge is 0.191 e. The first-order valence-electron chi connectivity index (χ1n) is 8.86. The van der Waals surface area contributed by atoms with E-state index in [0.29, 0.717) is 13.1 Å². The predicted molar refractivity (Wildman–Crippen MR) is 126 cm³/mol. The van der Waals surface area contributed by atoms with E-state index in [2.05, 4.69) is 39.9 Å². The van der Waals surface area contributed by atoms with Gasteiger partial charge >= 0.3 is 0 Å². The number of methoxy groups -OCH3 is 2. The van der Waals surface area contributed by atoms with E-state index in [1.807, 2.05) is 36.4 Å². The molecule has 0 heterocycles. The van der Waals surface area contributed by atoms with Crippen LogP contribution in [-0.4, -0.2) is 27.2 Å². The van der Waals surface area contributed by atoms with Gasteiger partial charge in [-0.1, -0.05) is 36.4 Å². The number of hydrogen-bond acceptors (Lipinski definition) is 3. The van der Waals surface area contributed by atoms with Crippen molar-refractivity contribution in [3.8, 4) is 11.5 Å². The molecule has 0 saturated carbocycles. The summed E-state index contributed by atoms with van der Waals surface area (Å²) >= 11 is 0. The van der Waals surface area contributed by atoms with Gasteiger partial charge in [0.1, 0.15) is 11.5 Å². The van der Waals surface area contributed by atoms with E-state index in [9.17, 15) is 0 Å². The minimum absolute atomic E-state index is 0. The van der Waals surface area contributed by atoms with Crippen molar-refractivity contribution < 1.29 is 9.47 Å². The molecule has 0 aliphatic rings. The Morgan fingerprint density at radius 2 is 1.57 bits per heavy atom. The highest BCUT2D eigenvalue weighted by Gasteiger charge is 2.04. The van der Waals surface area contributed by atoms with Gasteiger partial charge in [0, 0.05) is 25.7 Å². The van der Waals surface area contributed by atoms with Gasteiger partial charge in [0.05, 0.1) is 14.2 Å². The Balaban J connectivity index is 0.00000280. The number of ether oxygens (including phenoxy) is 2. The molecule has 0 fully saturated rings. The number of para-hydroxylation sites is 1. The highest BCUT2D eigenvalue weighted by Crippen LogP contribution is 2.22. The number of benzene rings is 3. The van der Waals surface area contributed by atoms with Crippen molar-refractivity contribution in [1.82, 2.24) is 10.6 Å². The largest absolute Gasteiger partial charge is 0.497 e.